The number of amides is 1. The minimum Gasteiger partial charge on any atom is -0.480 e. The third-order valence-corrected chi connectivity index (χ3v) is 5.07. The van der Waals surface area contributed by atoms with Crippen LogP contribution in [0, 0.1) is 13.8 Å². The Morgan fingerprint density at radius 3 is 2.85 bits per heavy atom. The number of carbonyl (C=O) groups is 2. The number of carboxylic acids is 1. The molecule has 1 aromatic heterocycles. The molecule has 1 aliphatic heterocycles. The highest BCUT2D eigenvalue weighted by atomic mass is 16.4. The predicted octanol–water partition coefficient (Wildman–Crippen LogP) is 2.53. The van der Waals surface area contributed by atoms with Crippen LogP contribution in [0.25, 0.3) is 0 Å². The van der Waals surface area contributed by atoms with Gasteiger partial charge in [-0.2, -0.15) is 5.10 Å². The highest BCUT2D eigenvalue weighted by Gasteiger charge is 2.27. The minimum atomic E-state index is -0.909. The predicted molar refractivity (Wildman–Crippen MR) is 98.0 cm³/mol. The number of benzene rings is 1. The van der Waals surface area contributed by atoms with Gasteiger partial charge in [-0.05, 0) is 43.9 Å². The molecule has 1 atom stereocenters. The molecule has 2 aromatic rings. The van der Waals surface area contributed by atoms with E-state index in [-0.39, 0.29) is 18.4 Å². The van der Waals surface area contributed by atoms with E-state index in [0.29, 0.717) is 13.0 Å². The molecule has 0 unspecified atom stereocenters. The molecule has 1 aliphatic rings. The van der Waals surface area contributed by atoms with Crippen molar-refractivity contribution in [2.24, 2.45) is 0 Å². The van der Waals surface area contributed by atoms with Gasteiger partial charge in [0.1, 0.15) is 6.54 Å². The number of carbonyl (C=O) groups excluding carboxylic acids is 1. The molecule has 3 rings (SSSR count). The Bertz CT molecular complexity index is 812. The molecule has 1 N–H and O–H groups in total. The Morgan fingerprint density at radius 2 is 2.08 bits per heavy atom. The lowest BCUT2D eigenvalue weighted by molar-refractivity contribution is -0.138. The summed E-state index contributed by atoms with van der Waals surface area (Å²) in [5.41, 5.74) is 4.27. The van der Waals surface area contributed by atoms with Gasteiger partial charge in [-0.15, -0.1) is 0 Å². The van der Waals surface area contributed by atoms with Crippen LogP contribution in [-0.4, -0.2) is 44.8 Å². The molecule has 1 aromatic carbocycles. The highest BCUT2D eigenvalue weighted by molar-refractivity contribution is 5.79. The highest BCUT2D eigenvalue weighted by Crippen LogP contribution is 2.27. The normalized spacial score (nSPS) is 17.3. The molecule has 138 valence electrons. The van der Waals surface area contributed by atoms with Gasteiger partial charge in [0.15, 0.2) is 0 Å². The fourth-order valence-electron chi connectivity index (χ4n) is 3.66. The maximum Gasteiger partial charge on any atom is 0.325 e. The summed E-state index contributed by atoms with van der Waals surface area (Å²) in [6, 6.07) is 8.06. The summed E-state index contributed by atoms with van der Waals surface area (Å²) in [5.74, 6) is -0.644. The van der Waals surface area contributed by atoms with Crippen molar-refractivity contribution in [3.8, 4) is 0 Å². The van der Waals surface area contributed by atoms with Gasteiger partial charge in [-0.1, -0.05) is 23.8 Å². The Labute approximate surface area is 153 Å². The van der Waals surface area contributed by atoms with E-state index < -0.39 is 5.97 Å². The van der Waals surface area contributed by atoms with Crippen molar-refractivity contribution in [1.82, 2.24) is 14.7 Å². The third kappa shape index (κ3) is 4.12. The lowest BCUT2D eigenvalue weighted by Crippen LogP contribution is -2.40. The molecular weight excluding hydrogens is 330 g/mol. The Balaban J connectivity index is 1.70. The summed E-state index contributed by atoms with van der Waals surface area (Å²) in [4.78, 5) is 25.7. The second kappa shape index (κ2) is 7.72. The van der Waals surface area contributed by atoms with Crippen LogP contribution in [-0.2, 0) is 22.6 Å². The molecule has 26 heavy (non-hydrogen) atoms. The summed E-state index contributed by atoms with van der Waals surface area (Å²) < 4.78 is 1.53. The standard InChI is InChI=1S/C20H25N3O3/c1-14-5-6-15(2)17(10-14)11-19(24)22-9-3-4-16(12-22)18-7-8-21-23(18)13-20(25)26/h5-8,10,16H,3-4,9,11-13H2,1-2H3,(H,25,26)/t16-/m0/s1. The van der Waals surface area contributed by atoms with Crippen LogP contribution in [0.3, 0.4) is 0 Å². The van der Waals surface area contributed by atoms with Crippen molar-refractivity contribution in [2.45, 2.75) is 45.6 Å². The molecule has 1 amide bonds. The monoisotopic (exact) mass is 355 g/mol. The minimum absolute atomic E-state index is 0.132. The van der Waals surface area contributed by atoms with Crippen molar-refractivity contribution < 1.29 is 14.7 Å². The van der Waals surface area contributed by atoms with Gasteiger partial charge in [-0.3, -0.25) is 14.3 Å². The van der Waals surface area contributed by atoms with Gasteiger partial charge >= 0.3 is 5.97 Å². The first kappa shape index (κ1) is 18.2. The van der Waals surface area contributed by atoms with Gasteiger partial charge in [0.05, 0.1) is 6.42 Å². The van der Waals surface area contributed by atoms with E-state index in [2.05, 4.69) is 23.3 Å². The number of piperidine rings is 1. The summed E-state index contributed by atoms with van der Waals surface area (Å²) in [6.07, 6.45) is 3.91. The van der Waals surface area contributed by atoms with Crippen molar-refractivity contribution in [3.05, 3.63) is 52.8 Å². The molecule has 1 saturated heterocycles. The first-order chi connectivity index (χ1) is 12.4. The number of aliphatic carboxylic acids is 1. The van der Waals surface area contributed by atoms with Crippen LogP contribution >= 0.6 is 0 Å². The average molecular weight is 355 g/mol. The van der Waals surface area contributed by atoms with E-state index in [0.717, 1.165) is 41.8 Å². The average Bonchev–Trinajstić information content (AvgIpc) is 3.05. The SMILES string of the molecule is Cc1ccc(C)c(CC(=O)N2CCC[C@H](c3ccnn3CC(=O)O)C2)c1. The lowest BCUT2D eigenvalue weighted by Gasteiger charge is -2.33. The molecule has 0 saturated carbocycles. The molecule has 0 spiro atoms. The van der Waals surface area contributed by atoms with Crippen LogP contribution < -0.4 is 0 Å². The van der Waals surface area contributed by atoms with E-state index in [9.17, 15) is 9.59 Å². The summed E-state index contributed by atoms with van der Waals surface area (Å²) >= 11 is 0. The van der Waals surface area contributed by atoms with Crippen molar-refractivity contribution >= 4 is 11.9 Å². The molecule has 1 fully saturated rings. The number of aryl methyl sites for hydroxylation is 2. The number of hydrogen-bond acceptors (Lipinski definition) is 3. The fraction of sp³-hybridized carbons (Fsp3) is 0.450. The number of nitrogens with zero attached hydrogens (tertiary/aromatic N) is 3. The largest absolute Gasteiger partial charge is 0.480 e. The molecule has 2 heterocycles. The first-order valence-corrected chi connectivity index (χ1v) is 9.01. The lowest BCUT2D eigenvalue weighted by atomic mass is 9.93. The Hall–Kier alpha value is -2.63. The van der Waals surface area contributed by atoms with E-state index in [1.54, 1.807) is 6.20 Å². The van der Waals surface area contributed by atoms with E-state index in [1.165, 1.54) is 4.68 Å². The molecule has 0 radical (unpaired) electrons. The molecular formula is C20H25N3O3. The number of aromatic nitrogens is 2. The molecule has 0 aliphatic carbocycles. The number of likely N-dealkylation sites (tertiary alicyclic amines) is 1. The van der Waals surface area contributed by atoms with Crippen LogP contribution in [0.5, 0.6) is 0 Å². The third-order valence-electron chi connectivity index (χ3n) is 5.07. The van der Waals surface area contributed by atoms with Gasteiger partial charge in [-0.25, -0.2) is 0 Å². The maximum absolute atomic E-state index is 12.8. The zero-order valence-corrected chi connectivity index (χ0v) is 15.3. The van der Waals surface area contributed by atoms with Crippen molar-refractivity contribution in [2.75, 3.05) is 13.1 Å². The van der Waals surface area contributed by atoms with Crippen LogP contribution in [0.1, 0.15) is 41.1 Å². The van der Waals surface area contributed by atoms with Crippen molar-refractivity contribution in [1.29, 1.82) is 0 Å². The van der Waals surface area contributed by atoms with Gasteiger partial charge < -0.3 is 10.0 Å². The second-order valence-electron chi connectivity index (χ2n) is 7.09. The van der Waals surface area contributed by atoms with Crippen LogP contribution in [0.15, 0.2) is 30.5 Å². The zero-order chi connectivity index (χ0) is 18.7. The van der Waals surface area contributed by atoms with Crippen LogP contribution in [0.2, 0.25) is 0 Å². The number of hydrogen-bond donors (Lipinski definition) is 1. The summed E-state index contributed by atoms with van der Waals surface area (Å²) in [5, 5.41) is 13.2. The second-order valence-corrected chi connectivity index (χ2v) is 7.09. The molecule has 6 heteroatoms. The number of carboxylic acid groups (broad SMARTS) is 1. The smallest absolute Gasteiger partial charge is 0.325 e. The Kier molecular flexibility index (Phi) is 5.40. The zero-order valence-electron chi connectivity index (χ0n) is 15.3. The fourth-order valence-corrected chi connectivity index (χ4v) is 3.66. The van der Waals surface area contributed by atoms with Gasteiger partial charge in [0, 0.05) is 30.9 Å². The summed E-state index contributed by atoms with van der Waals surface area (Å²) in [6.45, 7) is 5.30. The molecule has 6 nitrogen and oxygen atoms in total. The Morgan fingerprint density at radius 1 is 1.27 bits per heavy atom. The van der Waals surface area contributed by atoms with Gasteiger partial charge in [0.2, 0.25) is 5.91 Å². The van der Waals surface area contributed by atoms with E-state index in [1.807, 2.05) is 24.8 Å². The summed E-state index contributed by atoms with van der Waals surface area (Å²) in [7, 11) is 0. The quantitative estimate of drug-likeness (QED) is 0.894. The maximum atomic E-state index is 12.8. The van der Waals surface area contributed by atoms with E-state index in [4.69, 9.17) is 5.11 Å². The van der Waals surface area contributed by atoms with E-state index >= 15 is 0 Å². The first-order valence-electron chi connectivity index (χ1n) is 9.01. The van der Waals surface area contributed by atoms with Gasteiger partial charge in [0.25, 0.3) is 0 Å². The topological polar surface area (TPSA) is 75.4 Å². The molecule has 0 bridgehead atoms. The van der Waals surface area contributed by atoms with Crippen LogP contribution in [0.4, 0.5) is 0 Å². The van der Waals surface area contributed by atoms with Crippen molar-refractivity contribution in [3.63, 3.8) is 0 Å². The number of rotatable bonds is 5.